The molecule has 5 rings (SSSR count). The topological polar surface area (TPSA) is 71.1 Å². The fourth-order valence-corrected chi connectivity index (χ4v) is 4.86. The highest BCUT2D eigenvalue weighted by Crippen LogP contribution is 2.66. The molecule has 3 aromatic rings. The number of fused-ring (bicyclic) bond motifs is 3. The van der Waals surface area contributed by atoms with Crippen molar-refractivity contribution in [3.8, 4) is 11.8 Å². The summed E-state index contributed by atoms with van der Waals surface area (Å²) in [6, 6.07) is 19.7. The summed E-state index contributed by atoms with van der Waals surface area (Å²) in [6.45, 7) is 0. The van der Waals surface area contributed by atoms with E-state index in [0.29, 0.717) is 23.4 Å². The number of nitrogens with zero attached hydrogens (tertiary/aromatic N) is 3. The van der Waals surface area contributed by atoms with Crippen molar-refractivity contribution in [2.45, 2.75) is 30.0 Å². The number of aliphatic hydroxyl groups is 1. The molecule has 3 atom stereocenters. The van der Waals surface area contributed by atoms with Crippen molar-refractivity contribution in [2.24, 2.45) is 7.05 Å². The monoisotopic (exact) mass is 357 g/mol. The maximum Gasteiger partial charge on any atom is 0.175 e. The summed E-state index contributed by atoms with van der Waals surface area (Å²) in [6.07, 6.45) is 3.17. The van der Waals surface area contributed by atoms with Gasteiger partial charge in [-0.25, -0.2) is 0 Å². The van der Waals surface area contributed by atoms with Crippen molar-refractivity contribution in [3.63, 3.8) is 0 Å². The van der Waals surface area contributed by atoms with E-state index in [1.807, 2.05) is 43.6 Å². The van der Waals surface area contributed by atoms with Crippen molar-refractivity contribution >= 4 is 0 Å². The van der Waals surface area contributed by atoms with Gasteiger partial charge in [-0.1, -0.05) is 42.5 Å². The van der Waals surface area contributed by atoms with Crippen molar-refractivity contribution in [2.75, 3.05) is 0 Å². The van der Waals surface area contributed by atoms with Crippen LogP contribution < -0.4 is 4.74 Å². The number of rotatable bonds is 2. The normalized spacial score (nSPS) is 28.3. The zero-order chi connectivity index (χ0) is 18.6. The Hall–Kier alpha value is -3.10. The average Bonchev–Trinajstić information content (AvgIpc) is 3.28. The van der Waals surface area contributed by atoms with E-state index in [1.165, 1.54) is 0 Å². The molecule has 1 aliphatic carbocycles. The largest absolute Gasteiger partial charge is 0.475 e. The van der Waals surface area contributed by atoms with Crippen LogP contribution in [-0.2, 0) is 18.2 Å². The van der Waals surface area contributed by atoms with Crippen LogP contribution in [0.25, 0.3) is 0 Å². The Morgan fingerprint density at radius 2 is 1.93 bits per heavy atom. The minimum atomic E-state index is -1.21. The molecular weight excluding hydrogens is 338 g/mol. The van der Waals surface area contributed by atoms with Gasteiger partial charge in [-0.3, -0.25) is 4.68 Å². The molecule has 0 amide bonds. The van der Waals surface area contributed by atoms with Crippen LogP contribution >= 0.6 is 0 Å². The van der Waals surface area contributed by atoms with Crippen molar-refractivity contribution < 1.29 is 9.84 Å². The van der Waals surface area contributed by atoms with Crippen molar-refractivity contribution in [1.82, 2.24) is 9.78 Å². The number of hydrogen-bond donors (Lipinski definition) is 1. The number of ether oxygens (including phenoxy) is 1. The van der Waals surface area contributed by atoms with Crippen LogP contribution in [0.3, 0.4) is 0 Å². The molecule has 5 nitrogen and oxygen atoms in total. The van der Waals surface area contributed by atoms with Gasteiger partial charge in [0.2, 0.25) is 0 Å². The fraction of sp³-hybridized carbons (Fsp3) is 0.273. The highest BCUT2D eigenvalue weighted by Gasteiger charge is 2.69. The Labute approximate surface area is 157 Å². The van der Waals surface area contributed by atoms with Gasteiger partial charge in [0, 0.05) is 13.0 Å². The Morgan fingerprint density at radius 3 is 2.63 bits per heavy atom. The third-order valence-electron chi connectivity index (χ3n) is 6.00. The summed E-state index contributed by atoms with van der Waals surface area (Å²) in [5.41, 5.74) is 1.03. The minimum absolute atomic E-state index is 0.0175. The Bertz CT molecular complexity index is 1050. The van der Waals surface area contributed by atoms with Crippen LogP contribution in [-0.4, -0.2) is 14.9 Å². The molecule has 2 heterocycles. The Balaban J connectivity index is 1.74. The predicted octanol–water partition coefficient (Wildman–Crippen LogP) is 3.34. The first-order valence-corrected chi connectivity index (χ1v) is 9.09. The lowest BCUT2D eigenvalue weighted by Gasteiger charge is -2.40. The first-order chi connectivity index (χ1) is 13.1. The van der Waals surface area contributed by atoms with Gasteiger partial charge < -0.3 is 9.84 Å². The first kappa shape index (κ1) is 16.1. The van der Waals surface area contributed by atoms with E-state index >= 15 is 0 Å². The summed E-state index contributed by atoms with van der Waals surface area (Å²) < 4.78 is 8.23. The van der Waals surface area contributed by atoms with Gasteiger partial charge in [-0.05, 0) is 36.1 Å². The van der Waals surface area contributed by atoms with Crippen molar-refractivity contribution in [3.05, 3.63) is 83.2 Å². The molecule has 1 aliphatic heterocycles. The molecule has 2 aromatic carbocycles. The number of benzene rings is 2. The van der Waals surface area contributed by atoms with Gasteiger partial charge >= 0.3 is 0 Å². The molecule has 1 fully saturated rings. The van der Waals surface area contributed by atoms with Gasteiger partial charge in [0.15, 0.2) is 17.0 Å². The standard InChI is InChI=1S/C22H19N3O2/c1-25-14-19-20(24-25)21(26)12-11-18(16-5-3-2-4-6-16)22(21,27-19)17-9-7-15(13-23)8-10-17/h2-10,14,18,26H,11-12H2,1H3/t18?,21?,22-/m0/s1. The smallest absolute Gasteiger partial charge is 0.175 e. The number of hydrogen-bond acceptors (Lipinski definition) is 4. The van der Waals surface area contributed by atoms with Gasteiger partial charge in [0.25, 0.3) is 0 Å². The second-order valence-electron chi connectivity index (χ2n) is 7.40. The summed E-state index contributed by atoms with van der Waals surface area (Å²) in [7, 11) is 1.83. The predicted molar refractivity (Wildman–Crippen MR) is 99.0 cm³/mol. The third kappa shape index (κ3) is 1.99. The van der Waals surface area contributed by atoms with Gasteiger partial charge in [0.05, 0.1) is 17.8 Å². The van der Waals surface area contributed by atoms with E-state index in [4.69, 9.17) is 10.00 Å². The molecule has 1 saturated carbocycles. The molecule has 1 N–H and O–H groups in total. The maximum absolute atomic E-state index is 11.9. The third-order valence-corrected chi connectivity index (χ3v) is 6.00. The molecule has 5 heteroatoms. The molecule has 134 valence electrons. The van der Waals surface area contributed by atoms with Crippen LogP contribution in [0.5, 0.6) is 5.75 Å². The van der Waals surface area contributed by atoms with E-state index in [0.717, 1.165) is 17.5 Å². The number of aromatic nitrogens is 2. The maximum atomic E-state index is 11.9. The van der Waals surface area contributed by atoms with Crippen LogP contribution in [0.2, 0.25) is 0 Å². The molecular formula is C22H19N3O2. The van der Waals surface area contributed by atoms with Gasteiger partial charge in [-0.15, -0.1) is 0 Å². The summed E-state index contributed by atoms with van der Waals surface area (Å²) in [5, 5.41) is 25.6. The molecule has 0 radical (unpaired) electrons. The zero-order valence-corrected chi connectivity index (χ0v) is 15.0. The molecule has 2 unspecified atom stereocenters. The summed E-state index contributed by atoms with van der Waals surface area (Å²) in [5.74, 6) is 0.612. The summed E-state index contributed by atoms with van der Waals surface area (Å²) in [4.78, 5) is 0. The Morgan fingerprint density at radius 1 is 1.19 bits per heavy atom. The minimum Gasteiger partial charge on any atom is -0.475 e. The van der Waals surface area contributed by atoms with Crippen LogP contribution in [0.4, 0.5) is 0 Å². The van der Waals surface area contributed by atoms with Crippen LogP contribution in [0.1, 0.15) is 41.1 Å². The van der Waals surface area contributed by atoms with Crippen LogP contribution in [0, 0.1) is 11.3 Å². The van der Waals surface area contributed by atoms with E-state index in [2.05, 4.69) is 23.3 Å². The summed E-state index contributed by atoms with van der Waals surface area (Å²) >= 11 is 0. The van der Waals surface area contributed by atoms with Gasteiger partial charge in [0.1, 0.15) is 5.69 Å². The lowest BCUT2D eigenvalue weighted by Crippen LogP contribution is -2.48. The molecule has 27 heavy (non-hydrogen) atoms. The molecule has 0 saturated heterocycles. The number of nitriles is 1. The highest BCUT2D eigenvalue weighted by atomic mass is 16.5. The van der Waals surface area contributed by atoms with E-state index < -0.39 is 11.2 Å². The lowest BCUT2D eigenvalue weighted by atomic mass is 9.73. The molecule has 0 bridgehead atoms. The average molecular weight is 357 g/mol. The second kappa shape index (κ2) is 5.45. The lowest BCUT2D eigenvalue weighted by molar-refractivity contribution is -0.108. The quantitative estimate of drug-likeness (QED) is 0.763. The van der Waals surface area contributed by atoms with Gasteiger partial charge in [-0.2, -0.15) is 10.4 Å². The first-order valence-electron chi connectivity index (χ1n) is 9.09. The van der Waals surface area contributed by atoms with E-state index in [9.17, 15) is 5.11 Å². The SMILES string of the molecule is Cn1cc2c(n1)C1(O)CCC(c3ccccc3)[C@]1(c1ccc(C#N)cc1)O2. The molecule has 1 aromatic heterocycles. The zero-order valence-electron chi connectivity index (χ0n) is 15.0. The van der Waals surface area contributed by atoms with E-state index in [-0.39, 0.29) is 5.92 Å². The fourth-order valence-electron chi connectivity index (χ4n) is 4.86. The second-order valence-corrected chi connectivity index (χ2v) is 7.40. The van der Waals surface area contributed by atoms with Crippen LogP contribution in [0.15, 0.2) is 60.8 Å². The van der Waals surface area contributed by atoms with E-state index in [1.54, 1.807) is 16.8 Å². The highest BCUT2D eigenvalue weighted by molar-refractivity contribution is 5.50. The van der Waals surface area contributed by atoms with Crippen molar-refractivity contribution in [1.29, 1.82) is 5.26 Å². The molecule has 2 aliphatic rings. The number of aryl methyl sites for hydroxylation is 1. The Kier molecular flexibility index (Phi) is 3.25. The molecule has 0 spiro atoms.